The van der Waals surface area contributed by atoms with Crippen LogP contribution in [-0.2, 0) is 84.6 Å². The minimum absolute atomic E-state index is 0.0782. The van der Waals surface area contributed by atoms with Crippen molar-refractivity contribution in [2.75, 3.05) is 0 Å². The average molecular weight is 1150 g/mol. The van der Waals surface area contributed by atoms with Gasteiger partial charge in [-0.3, -0.25) is 0 Å². The van der Waals surface area contributed by atoms with Crippen LogP contribution in [0.4, 0.5) is 0 Å². The van der Waals surface area contributed by atoms with E-state index in [2.05, 4.69) is 303 Å². The average Bonchev–Trinajstić information content (AvgIpc) is 3.38. The van der Waals surface area contributed by atoms with Crippen LogP contribution in [0.3, 0.4) is 0 Å². The van der Waals surface area contributed by atoms with Crippen LogP contribution >= 0.6 is 70.6 Å². The lowest BCUT2D eigenvalue weighted by molar-refractivity contribution is 0.588. The Kier molecular flexibility index (Phi) is 22.0. The highest BCUT2D eigenvalue weighted by atomic mass is 32.2. The van der Waals surface area contributed by atoms with Gasteiger partial charge in [-0.1, -0.05) is 231 Å². The topological polar surface area (TPSA) is 0 Å². The molecule has 0 bridgehead atoms. The fraction of sp³-hybridized carbons (Fsp3) is 0.417. The van der Waals surface area contributed by atoms with Gasteiger partial charge in [0, 0.05) is 67.3 Å². The van der Waals surface area contributed by atoms with Crippen molar-refractivity contribution in [2.45, 2.75) is 198 Å². The summed E-state index contributed by atoms with van der Waals surface area (Å²) in [6, 6.07) is 58.6. The summed E-state index contributed by atoms with van der Waals surface area (Å²) in [5.41, 5.74) is 21.9. The van der Waals surface area contributed by atoms with Crippen LogP contribution in [0.5, 0.6) is 0 Å². The number of hydrogen-bond donors (Lipinski definition) is 0. The van der Waals surface area contributed by atoms with Crippen molar-refractivity contribution in [1.29, 1.82) is 0 Å². The van der Waals surface area contributed by atoms with Crippen LogP contribution in [0.1, 0.15) is 187 Å². The first-order chi connectivity index (χ1) is 36.7. The van der Waals surface area contributed by atoms with Gasteiger partial charge in [0.05, 0.1) is 0 Å². The Labute approximate surface area is 499 Å². The van der Waals surface area contributed by atoms with E-state index in [1.165, 1.54) is 93.2 Å². The van der Waals surface area contributed by atoms with Crippen molar-refractivity contribution >= 4 is 70.6 Å². The Morgan fingerprint density at radius 2 is 0.385 bits per heavy atom. The predicted octanol–water partition coefficient (Wildman–Crippen LogP) is 22.5. The zero-order valence-electron chi connectivity index (χ0n) is 50.0. The van der Waals surface area contributed by atoms with Crippen LogP contribution in [0.2, 0.25) is 0 Å². The quantitative estimate of drug-likeness (QED) is 0.0616. The third-order valence-corrected chi connectivity index (χ3v) is 20.5. The molecule has 7 aromatic rings. The number of hydrogen-bond acceptors (Lipinski definition) is 6. The molecule has 0 aliphatic rings. The van der Waals surface area contributed by atoms with Gasteiger partial charge in [0.15, 0.2) is 0 Å². The van der Waals surface area contributed by atoms with E-state index in [0.717, 1.165) is 57.5 Å². The minimum atomic E-state index is 0.0782. The van der Waals surface area contributed by atoms with E-state index in [-0.39, 0.29) is 27.1 Å². The van der Waals surface area contributed by atoms with Crippen LogP contribution in [0.25, 0.3) is 0 Å². The van der Waals surface area contributed by atoms with E-state index >= 15 is 0 Å². The lowest BCUT2D eigenvalue weighted by Gasteiger charge is -2.23. The van der Waals surface area contributed by atoms with E-state index in [9.17, 15) is 0 Å². The van der Waals surface area contributed by atoms with Crippen molar-refractivity contribution in [3.63, 3.8) is 0 Å². The van der Waals surface area contributed by atoms with Crippen molar-refractivity contribution in [2.24, 2.45) is 0 Å². The van der Waals surface area contributed by atoms with Crippen LogP contribution in [-0.4, -0.2) is 0 Å². The normalized spacial score (nSPS) is 12.6. The molecule has 0 atom stereocenters. The molecule has 0 fully saturated rings. The predicted molar refractivity (Wildman–Crippen MR) is 358 cm³/mol. The molecule has 6 heteroatoms. The van der Waals surface area contributed by atoms with Gasteiger partial charge in [0.2, 0.25) is 0 Å². The molecular formula is C72H90S6. The van der Waals surface area contributed by atoms with E-state index in [1.54, 1.807) is 0 Å². The summed E-state index contributed by atoms with van der Waals surface area (Å²) in [6.07, 6.45) is 0. The molecule has 7 rings (SSSR count). The molecule has 414 valence electrons. The lowest BCUT2D eigenvalue weighted by atomic mass is 9.85. The molecule has 0 spiro atoms. The fourth-order valence-electron chi connectivity index (χ4n) is 9.33. The standard InChI is InChI=1S/C72H90S6/c1-68(2,3)61-31-51(41-73-43-53-27-55(35-62(33-53)69(4,5)6)45-75-47-57-29-59(39-64(37-57)71(10,11)12)49-77-66-22-18-16-19-23-66)26-52(32-61)42-74-44-54-28-56(36-63(34-54)70(7,8)9)46-76-48-58-30-60(40-65(38-58)72(13,14)15)50-78-67-24-20-17-21-25-67/h16-40H,41-50H2,1-15H3. The smallest absolute Gasteiger partial charge is 0.0232 e. The van der Waals surface area contributed by atoms with Gasteiger partial charge in [0.25, 0.3) is 0 Å². The summed E-state index contributed by atoms with van der Waals surface area (Å²) in [4.78, 5) is 2.65. The van der Waals surface area contributed by atoms with Crippen molar-refractivity contribution < 1.29 is 0 Å². The third kappa shape index (κ3) is 20.0. The molecular weight excluding hydrogens is 1060 g/mol. The molecule has 78 heavy (non-hydrogen) atoms. The van der Waals surface area contributed by atoms with Gasteiger partial charge in [-0.25, -0.2) is 0 Å². The molecule has 0 unspecified atom stereocenters. The molecule has 0 saturated heterocycles. The summed E-state index contributed by atoms with van der Waals surface area (Å²) >= 11 is 12.1. The van der Waals surface area contributed by atoms with E-state index in [1.807, 2.05) is 23.5 Å². The Morgan fingerprint density at radius 3 is 0.551 bits per heavy atom. The molecule has 0 radical (unpaired) electrons. The van der Waals surface area contributed by atoms with Crippen LogP contribution < -0.4 is 0 Å². The molecule has 7 aromatic carbocycles. The van der Waals surface area contributed by atoms with Gasteiger partial charge in [-0.2, -0.15) is 47.0 Å². The molecule has 0 N–H and O–H groups in total. The molecule has 0 aliphatic carbocycles. The van der Waals surface area contributed by atoms with Gasteiger partial charge in [-0.15, -0.1) is 23.5 Å². The van der Waals surface area contributed by atoms with E-state index in [4.69, 9.17) is 0 Å². The number of rotatable bonds is 22. The van der Waals surface area contributed by atoms with Crippen molar-refractivity contribution in [1.82, 2.24) is 0 Å². The third-order valence-electron chi connectivity index (χ3n) is 14.0. The van der Waals surface area contributed by atoms with Crippen LogP contribution in [0.15, 0.2) is 161 Å². The fourth-order valence-corrected chi connectivity index (χ4v) is 14.7. The maximum Gasteiger partial charge on any atom is 0.0232 e. The maximum absolute atomic E-state index is 2.50. The Bertz CT molecular complexity index is 2830. The van der Waals surface area contributed by atoms with Crippen LogP contribution in [0, 0.1) is 0 Å². The summed E-state index contributed by atoms with van der Waals surface area (Å²) in [7, 11) is 0. The first-order valence-corrected chi connectivity index (χ1v) is 34.7. The zero-order chi connectivity index (χ0) is 56.3. The van der Waals surface area contributed by atoms with E-state index in [0.29, 0.717) is 0 Å². The molecule has 0 heterocycles. The lowest BCUT2D eigenvalue weighted by Crippen LogP contribution is -2.12. The zero-order valence-corrected chi connectivity index (χ0v) is 54.9. The monoisotopic (exact) mass is 1150 g/mol. The highest BCUT2D eigenvalue weighted by Crippen LogP contribution is 2.36. The second-order valence-corrected chi connectivity index (χ2v) is 32.7. The summed E-state index contributed by atoms with van der Waals surface area (Å²) < 4.78 is 0. The molecule has 0 aromatic heterocycles. The van der Waals surface area contributed by atoms with Gasteiger partial charge in [0.1, 0.15) is 0 Å². The van der Waals surface area contributed by atoms with E-state index < -0.39 is 0 Å². The minimum Gasteiger partial charge on any atom is -0.152 e. The maximum atomic E-state index is 2.50. The molecule has 0 saturated carbocycles. The molecule has 0 nitrogen and oxygen atoms in total. The highest BCUT2D eigenvalue weighted by molar-refractivity contribution is 7.99. The van der Waals surface area contributed by atoms with Gasteiger partial charge < -0.3 is 0 Å². The van der Waals surface area contributed by atoms with Gasteiger partial charge >= 0.3 is 0 Å². The second-order valence-electron chi connectivity index (χ2n) is 26.6. The number of benzene rings is 7. The Hall–Kier alpha value is -3.36. The second kappa shape index (κ2) is 27.6. The SMILES string of the molecule is CC(C)(C)c1cc(CSCc2cc(CSCc3cc(CSc4ccccc4)cc(C(C)(C)C)c3)cc(C(C)(C)C)c2)cc(CSCc2cc(CSCc3cc(CSc4ccccc4)cc(C(C)(C)C)c3)cc(C(C)(C)C)c2)c1. The summed E-state index contributed by atoms with van der Waals surface area (Å²) in [5.74, 6) is 10.0. The first-order valence-electron chi connectivity index (χ1n) is 28.1. The number of thioether (sulfide) groups is 6. The first kappa shape index (κ1) is 62.2. The van der Waals surface area contributed by atoms with Crippen molar-refractivity contribution in [3.8, 4) is 0 Å². The highest BCUT2D eigenvalue weighted by Gasteiger charge is 2.21. The Morgan fingerprint density at radius 1 is 0.218 bits per heavy atom. The summed E-state index contributed by atoms with van der Waals surface area (Å²) in [6.45, 7) is 35.3. The Balaban J connectivity index is 0.981. The largest absolute Gasteiger partial charge is 0.152 e. The van der Waals surface area contributed by atoms with Crippen molar-refractivity contribution in [3.05, 3.63) is 235 Å². The molecule has 0 amide bonds. The summed E-state index contributed by atoms with van der Waals surface area (Å²) in [5, 5.41) is 0. The van der Waals surface area contributed by atoms with Gasteiger partial charge in [-0.05, 0) is 135 Å². The molecule has 0 aliphatic heterocycles.